The number of halogens is 3. The Morgan fingerprint density at radius 2 is 1.84 bits per heavy atom. The van der Waals surface area contributed by atoms with Crippen LogP contribution in [0.2, 0.25) is 5.02 Å². The third-order valence-electron chi connectivity index (χ3n) is 7.74. The highest BCUT2D eigenvalue weighted by Gasteiger charge is 2.67. The molecule has 3 aliphatic rings. The maximum absolute atomic E-state index is 13.9. The van der Waals surface area contributed by atoms with E-state index in [0.717, 1.165) is 24.8 Å². The second-order valence-corrected chi connectivity index (χ2v) is 10.6. The first-order chi connectivity index (χ1) is 15.1. The summed E-state index contributed by atoms with van der Waals surface area (Å²) in [5.41, 5.74) is 0.698. The predicted molar refractivity (Wildman–Crippen MR) is 117 cm³/mol. The first-order valence-corrected chi connectivity index (χ1v) is 11.3. The maximum Gasteiger partial charge on any atom is 0.336 e. The molecule has 2 aromatic rings. The molecule has 4 nitrogen and oxygen atoms in total. The molecule has 3 aliphatic carbocycles. The lowest BCUT2D eigenvalue weighted by molar-refractivity contribution is 0.0696. The van der Waals surface area contributed by atoms with Gasteiger partial charge in [0.25, 0.3) is 5.91 Å². The van der Waals surface area contributed by atoms with Crippen LogP contribution in [0.1, 0.15) is 59.7 Å². The summed E-state index contributed by atoms with van der Waals surface area (Å²) in [6.45, 7) is 2.88. The molecule has 168 valence electrons. The van der Waals surface area contributed by atoms with Gasteiger partial charge in [0.2, 0.25) is 0 Å². The van der Waals surface area contributed by atoms with E-state index in [2.05, 4.69) is 12.2 Å². The Morgan fingerprint density at radius 3 is 2.59 bits per heavy atom. The molecule has 1 amide bonds. The Kier molecular flexibility index (Phi) is 4.86. The molecule has 0 aliphatic heterocycles. The number of carboxylic acid groups (broad SMARTS) is 1. The van der Waals surface area contributed by atoms with Crippen LogP contribution in [-0.4, -0.2) is 23.5 Å². The monoisotopic (exact) mass is 459 g/mol. The lowest BCUT2D eigenvalue weighted by Gasteiger charge is -2.40. The van der Waals surface area contributed by atoms with Gasteiger partial charge in [-0.3, -0.25) is 4.79 Å². The van der Waals surface area contributed by atoms with Crippen LogP contribution in [0.15, 0.2) is 30.3 Å². The van der Waals surface area contributed by atoms with Gasteiger partial charge in [-0.05, 0) is 90.2 Å². The van der Waals surface area contributed by atoms with Crippen LogP contribution >= 0.6 is 11.6 Å². The summed E-state index contributed by atoms with van der Waals surface area (Å²) in [5, 5.41) is 12.7. The Hall–Kier alpha value is -2.47. The molecule has 0 radical (unpaired) electrons. The SMILES string of the molecule is CC1CC2(CNC(=O)c3cc(-c4cc(F)c(F)cc4C(=O)O)ccc3Cl)CC3CC3(C1)C2. The molecule has 2 bridgehead atoms. The van der Waals surface area contributed by atoms with Gasteiger partial charge in [0, 0.05) is 6.54 Å². The number of carboxylic acids is 1. The van der Waals surface area contributed by atoms with E-state index in [1.165, 1.54) is 37.5 Å². The largest absolute Gasteiger partial charge is 0.478 e. The predicted octanol–water partition coefficient (Wildman–Crippen LogP) is 5.93. The van der Waals surface area contributed by atoms with Crippen LogP contribution in [0.5, 0.6) is 0 Å². The van der Waals surface area contributed by atoms with Crippen molar-refractivity contribution in [3.63, 3.8) is 0 Å². The average molecular weight is 460 g/mol. The number of rotatable bonds is 5. The second-order valence-electron chi connectivity index (χ2n) is 10.2. The van der Waals surface area contributed by atoms with E-state index in [1.54, 1.807) is 0 Å². The standard InChI is InChI=1S/C25H24ClF2NO3/c1-13-7-24(9-15-10-25(15,8-13)11-24)12-29-22(30)18-4-14(2-3-19(18)26)16-5-20(27)21(28)6-17(16)23(31)32/h2-6,13,15H,7-12H2,1H3,(H,29,30)(H,31,32). The summed E-state index contributed by atoms with van der Waals surface area (Å²) in [7, 11) is 0. The van der Waals surface area contributed by atoms with Gasteiger partial charge in [-0.2, -0.15) is 0 Å². The maximum atomic E-state index is 13.9. The lowest BCUT2D eigenvalue weighted by atomic mass is 9.67. The van der Waals surface area contributed by atoms with Gasteiger partial charge in [-0.15, -0.1) is 0 Å². The number of carbonyl (C=O) groups is 2. The number of carbonyl (C=O) groups excluding carboxylic acids is 1. The molecule has 3 fully saturated rings. The molecule has 7 heteroatoms. The zero-order valence-corrected chi connectivity index (χ0v) is 18.4. The van der Waals surface area contributed by atoms with Gasteiger partial charge in [0.1, 0.15) is 0 Å². The van der Waals surface area contributed by atoms with Crippen molar-refractivity contribution in [1.82, 2.24) is 5.32 Å². The Labute approximate surface area is 190 Å². The van der Waals surface area contributed by atoms with Gasteiger partial charge in [0.05, 0.1) is 16.1 Å². The molecule has 32 heavy (non-hydrogen) atoms. The number of fused-ring (bicyclic) bond motifs is 1. The molecule has 4 atom stereocenters. The van der Waals surface area contributed by atoms with E-state index < -0.39 is 17.6 Å². The van der Waals surface area contributed by atoms with E-state index in [1.807, 2.05) is 0 Å². The lowest BCUT2D eigenvalue weighted by Crippen LogP contribution is -2.40. The van der Waals surface area contributed by atoms with Gasteiger partial charge in [0.15, 0.2) is 11.6 Å². The van der Waals surface area contributed by atoms with Crippen molar-refractivity contribution >= 4 is 23.5 Å². The van der Waals surface area contributed by atoms with Crippen molar-refractivity contribution in [3.05, 3.63) is 58.1 Å². The summed E-state index contributed by atoms with van der Waals surface area (Å²) >= 11 is 6.28. The number of amides is 1. The molecule has 0 heterocycles. The van der Waals surface area contributed by atoms with Crippen molar-refractivity contribution in [1.29, 1.82) is 0 Å². The second kappa shape index (κ2) is 7.27. The van der Waals surface area contributed by atoms with Crippen molar-refractivity contribution < 1.29 is 23.5 Å². The van der Waals surface area contributed by atoms with Gasteiger partial charge in [-0.1, -0.05) is 24.6 Å². The van der Waals surface area contributed by atoms with E-state index >= 15 is 0 Å². The molecule has 5 rings (SSSR count). The number of hydrogen-bond donors (Lipinski definition) is 2. The van der Waals surface area contributed by atoms with E-state index in [9.17, 15) is 23.5 Å². The Balaban J connectivity index is 1.40. The minimum Gasteiger partial charge on any atom is -0.478 e. The van der Waals surface area contributed by atoms with E-state index in [-0.39, 0.29) is 38.6 Å². The summed E-state index contributed by atoms with van der Waals surface area (Å²) < 4.78 is 27.4. The van der Waals surface area contributed by atoms with Crippen LogP contribution in [0.4, 0.5) is 8.78 Å². The van der Waals surface area contributed by atoms with Crippen LogP contribution < -0.4 is 5.32 Å². The molecule has 1 spiro atoms. The summed E-state index contributed by atoms with van der Waals surface area (Å²) in [6.07, 6.45) is 6.04. The Bertz CT molecular complexity index is 1150. The molecule has 3 saturated carbocycles. The minimum atomic E-state index is -1.39. The highest BCUT2D eigenvalue weighted by atomic mass is 35.5. The first kappa shape index (κ1) is 21.4. The first-order valence-electron chi connectivity index (χ1n) is 10.9. The summed E-state index contributed by atoms with van der Waals surface area (Å²) in [5.74, 6) is -2.70. The van der Waals surface area contributed by atoms with Crippen LogP contribution in [-0.2, 0) is 0 Å². The molecular formula is C25H24ClF2NO3. The topological polar surface area (TPSA) is 66.4 Å². The number of aromatic carboxylic acids is 1. The normalized spacial score (nSPS) is 30.0. The number of benzene rings is 2. The molecular weight excluding hydrogens is 436 g/mol. The number of nitrogens with one attached hydrogen (secondary N) is 1. The van der Waals surface area contributed by atoms with Crippen molar-refractivity contribution in [2.45, 2.75) is 39.0 Å². The quantitative estimate of drug-likeness (QED) is 0.582. The van der Waals surface area contributed by atoms with Gasteiger partial charge >= 0.3 is 5.97 Å². The van der Waals surface area contributed by atoms with Crippen LogP contribution in [0, 0.1) is 34.3 Å². The zero-order valence-electron chi connectivity index (χ0n) is 17.7. The fourth-order valence-electron chi connectivity index (χ4n) is 6.66. The van der Waals surface area contributed by atoms with Gasteiger partial charge < -0.3 is 10.4 Å². The van der Waals surface area contributed by atoms with Crippen molar-refractivity contribution in [3.8, 4) is 11.1 Å². The molecule has 4 unspecified atom stereocenters. The number of hydrogen-bond acceptors (Lipinski definition) is 2. The van der Waals surface area contributed by atoms with E-state index in [4.69, 9.17) is 11.6 Å². The fourth-order valence-corrected chi connectivity index (χ4v) is 6.86. The third-order valence-corrected chi connectivity index (χ3v) is 8.07. The van der Waals surface area contributed by atoms with Crippen LogP contribution in [0.3, 0.4) is 0 Å². The third kappa shape index (κ3) is 3.49. The Morgan fingerprint density at radius 1 is 1.09 bits per heavy atom. The summed E-state index contributed by atoms with van der Waals surface area (Å²) in [4.78, 5) is 24.6. The highest BCUT2D eigenvalue weighted by Crippen LogP contribution is 2.75. The molecule has 2 N–H and O–H groups in total. The van der Waals surface area contributed by atoms with E-state index in [0.29, 0.717) is 23.9 Å². The fraction of sp³-hybridized carbons (Fsp3) is 0.440. The van der Waals surface area contributed by atoms with Crippen molar-refractivity contribution in [2.75, 3.05) is 6.54 Å². The molecule has 2 aromatic carbocycles. The van der Waals surface area contributed by atoms with Gasteiger partial charge in [-0.25, -0.2) is 13.6 Å². The zero-order chi connectivity index (χ0) is 22.8. The minimum absolute atomic E-state index is 0.0142. The average Bonchev–Trinajstić information content (AvgIpc) is 3.29. The van der Waals surface area contributed by atoms with Crippen molar-refractivity contribution in [2.24, 2.45) is 22.7 Å². The molecule has 0 aromatic heterocycles. The smallest absolute Gasteiger partial charge is 0.336 e. The summed E-state index contributed by atoms with van der Waals surface area (Å²) in [6, 6.07) is 5.88. The highest BCUT2D eigenvalue weighted by molar-refractivity contribution is 6.34. The van der Waals surface area contributed by atoms with Crippen LogP contribution in [0.25, 0.3) is 11.1 Å². The molecule has 0 saturated heterocycles.